The van der Waals surface area contributed by atoms with Crippen LogP contribution in [0.5, 0.6) is 0 Å². The number of anilines is 3. The van der Waals surface area contributed by atoms with E-state index in [4.69, 9.17) is 10.7 Å². The van der Waals surface area contributed by atoms with Crippen LogP contribution in [0.25, 0.3) is 16.8 Å². The van der Waals surface area contributed by atoms with E-state index in [9.17, 15) is 0 Å². The standard InChI is InChI=1S/C18H14BrN5/c19-13-3-1-12(2-4-13)17-11-16-9-10-21-24(16)18(23-17)22-15-7-5-14(20)6-8-15/h1-11H,20H2,(H,22,23). The summed E-state index contributed by atoms with van der Waals surface area (Å²) in [5.41, 5.74) is 10.3. The Bertz CT molecular complexity index is 990. The molecule has 0 unspecified atom stereocenters. The molecule has 0 aliphatic carbocycles. The normalized spacial score (nSPS) is 10.9. The van der Waals surface area contributed by atoms with E-state index in [-0.39, 0.29) is 0 Å². The molecule has 2 aromatic carbocycles. The lowest BCUT2D eigenvalue weighted by atomic mass is 10.1. The fraction of sp³-hybridized carbons (Fsp3) is 0. The number of halogens is 1. The van der Waals surface area contributed by atoms with Crippen molar-refractivity contribution in [3.8, 4) is 11.3 Å². The Hall–Kier alpha value is -2.86. The molecule has 0 aliphatic heterocycles. The Labute approximate surface area is 147 Å². The third kappa shape index (κ3) is 2.83. The van der Waals surface area contributed by atoms with Gasteiger partial charge in [0.15, 0.2) is 0 Å². The summed E-state index contributed by atoms with van der Waals surface area (Å²) >= 11 is 3.46. The van der Waals surface area contributed by atoms with Gasteiger partial charge in [0.25, 0.3) is 0 Å². The first-order valence-corrected chi connectivity index (χ1v) is 8.22. The van der Waals surface area contributed by atoms with Gasteiger partial charge in [0, 0.05) is 21.4 Å². The Morgan fingerprint density at radius 3 is 2.46 bits per heavy atom. The van der Waals surface area contributed by atoms with E-state index in [0.29, 0.717) is 5.95 Å². The van der Waals surface area contributed by atoms with Crippen LogP contribution in [0.2, 0.25) is 0 Å². The molecule has 0 amide bonds. The van der Waals surface area contributed by atoms with Gasteiger partial charge >= 0.3 is 0 Å². The van der Waals surface area contributed by atoms with Crippen LogP contribution in [0.1, 0.15) is 0 Å². The molecule has 4 rings (SSSR count). The average Bonchev–Trinajstić information content (AvgIpc) is 3.06. The SMILES string of the molecule is Nc1ccc(Nc2nc(-c3ccc(Br)cc3)cc3ccnn23)cc1. The van der Waals surface area contributed by atoms with Crippen molar-refractivity contribution in [3.63, 3.8) is 0 Å². The molecule has 24 heavy (non-hydrogen) atoms. The van der Waals surface area contributed by atoms with Gasteiger partial charge in [-0.1, -0.05) is 28.1 Å². The number of hydrogen-bond donors (Lipinski definition) is 2. The summed E-state index contributed by atoms with van der Waals surface area (Å²) in [5.74, 6) is 0.653. The minimum Gasteiger partial charge on any atom is -0.399 e. The van der Waals surface area contributed by atoms with Crippen molar-refractivity contribution in [2.75, 3.05) is 11.1 Å². The van der Waals surface area contributed by atoms with Gasteiger partial charge in [0.2, 0.25) is 5.95 Å². The van der Waals surface area contributed by atoms with Crippen LogP contribution in [0.4, 0.5) is 17.3 Å². The third-order valence-corrected chi connectivity index (χ3v) is 4.22. The number of fused-ring (bicyclic) bond motifs is 1. The van der Waals surface area contributed by atoms with Crippen molar-refractivity contribution in [1.29, 1.82) is 0 Å². The van der Waals surface area contributed by atoms with Gasteiger partial charge in [0.05, 0.1) is 17.4 Å². The molecule has 0 aliphatic rings. The maximum absolute atomic E-state index is 5.74. The van der Waals surface area contributed by atoms with E-state index in [1.807, 2.05) is 60.7 Å². The first kappa shape index (κ1) is 14.7. The first-order valence-electron chi connectivity index (χ1n) is 7.42. The molecular formula is C18H14BrN5. The number of rotatable bonds is 3. The van der Waals surface area contributed by atoms with E-state index in [1.165, 1.54) is 0 Å². The third-order valence-electron chi connectivity index (χ3n) is 3.69. The minimum absolute atomic E-state index is 0.653. The fourth-order valence-electron chi connectivity index (χ4n) is 2.48. The highest BCUT2D eigenvalue weighted by molar-refractivity contribution is 9.10. The highest BCUT2D eigenvalue weighted by Crippen LogP contribution is 2.25. The summed E-state index contributed by atoms with van der Waals surface area (Å²) in [4.78, 5) is 4.73. The molecule has 4 aromatic rings. The molecule has 2 heterocycles. The Morgan fingerprint density at radius 2 is 1.71 bits per heavy atom. The molecule has 0 atom stereocenters. The largest absolute Gasteiger partial charge is 0.399 e. The van der Waals surface area contributed by atoms with Crippen LogP contribution in [-0.4, -0.2) is 14.6 Å². The average molecular weight is 380 g/mol. The second kappa shape index (κ2) is 5.98. The molecule has 0 spiro atoms. The molecule has 6 heteroatoms. The van der Waals surface area contributed by atoms with Crippen molar-refractivity contribution in [2.24, 2.45) is 0 Å². The molecule has 2 aromatic heterocycles. The Balaban J connectivity index is 1.80. The Kier molecular flexibility index (Phi) is 3.66. The van der Waals surface area contributed by atoms with Crippen LogP contribution in [0.15, 0.2) is 71.3 Å². The number of hydrogen-bond acceptors (Lipinski definition) is 4. The van der Waals surface area contributed by atoms with Crippen LogP contribution in [0.3, 0.4) is 0 Å². The topological polar surface area (TPSA) is 68.2 Å². The second-order valence-electron chi connectivity index (χ2n) is 5.39. The summed E-state index contributed by atoms with van der Waals surface area (Å²) in [5, 5.41) is 7.65. The van der Waals surface area contributed by atoms with E-state index >= 15 is 0 Å². The smallest absolute Gasteiger partial charge is 0.229 e. The van der Waals surface area contributed by atoms with E-state index in [1.54, 1.807) is 10.7 Å². The van der Waals surface area contributed by atoms with Crippen molar-refractivity contribution >= 4 is 38.8 Å². The van der Waals surface area contributed by atoms with Crippen LogP contribution in [0, 0.1) is 0 Å². The number of benzene rings is 2. The van der Waals surface area contributed by atoms with Gasteiger partial charge in [-0.25, -0.2) is 9.50 Å². The summed E-state index contributed by atoms with van der Waals surface area (Å²) in [6, 6.07) is 19.6. The molecule has 5 nitrogen and oxygen atoms in total. The zero-order chi connectivity index (χ0) is 16.5. The monoisotopic (exact) mass is 379 g/mol. The summed E-state index contributed by atoms with van der Waals surface area (Å²) in [6.07, 6.45) is 1.76. The predicted octanol–water partition coefficient (Wildman–Crippen LogP) is 4.48. The van der Waals surface area contributed by atoms with Gasteiger partial charge in [-0.2, -0.15) is 5.10 Å². The van der Waals surface area contributed by atoms with Gasteiger partial charge in [0.1, 0.15) is 0 Å². The number of aromatic nitrogens is 3. The predicted molar refractivity (Wildman–Crippen MR) is 100 cm³/mol. The van der Waals surface area contributed by atoms with Gasteiger partial charge < -0.3 is 11.1 Å². The molecule has 0 saturated heterocycles. The zero-order valence-electron chi connectivity index (χ0n) is 12.6. The van der Waals surface area contributed by atoms with Gasteiger partial charge in [-0.15, -0.1) is 0 Å². The van der Waals surface area contributed by atoms with Crippen molar-refractivity contribution in [1.82, 2.24) is 14.6 Å². The van der Waals surface area contributed by atoms with Gasteiger partial charge in [-0.3, -0.25) is 0 Å². The lowest BCUT2D eigenvalue weighted by molar-refractivity contribution is 0.935. The molecular weight excluding hydrogens is 366 g/mol. The lowest BCUT2D eigenvalue weighted by Crippen LogP contribution is -2.04. The van der Waals surface area contributed by atoms with Gasteiger partial charge in [-0.05, 0) is 48.5 Å². The quantitative estimate of drug-likeness (QED) is 0.514. The Morgan fingerprint density at radius 1 is 0.958 bits per heavy atom. The van der Waals surface area contributed by atoms with E-state index in [0.717, 1.165) is 32.6 Å². The van der Waals surface area contributed by atoms with E-state index < -0.39 is 0 Å². The highest BCUT2D eigenvalue weighted by atomic mass is 79.9. The minimum atomic E-state index is 0.653. The van der Waals surface area contributed by atoms with Crippen molar-refractivity contribution < 1.29 is 0 Å². The van der Waals surface area contributed by atoms with Crippen LogP contribution in [-0.2, 0) is 0 Å². The molecule has 0 saturated carbocycles. The van der Waals surface area contributed by atoms with E-state index in [2.05, 4.69) is 26.3 Å². The summed E-state index contributed by atoms with van der Waals surface area (Å²) in [7, 11) is 0. The second-order valence-corrected chi connectivity index (χ2v) is 6.30. The van der Waals surface area contributed by atoms with Crippen molar-refractivity contribution in [2.45, 2.75) is 0 Å². The zero-order valence-corrected chi connectivity index (χ0v) is 14.2. The maximum Gasteiger partial charge on any atom is 0.229 e. The molecule has 0 radical (unpaired) electrons. The molecule has 118 valence electrons. The fourth-order valence-corrected chi connectivity index (χ4v) is 2.74. The number of nitrogens with one attached hydrogen (secondary N) is 1. The molecule has 0 fully saturated rings. The summed E-state index contributed by atoms with van der Waals surface area (Å²) < 4.78 is 2.82. The number of nitrogens with two attached hydrogens (primary N) is 1. The van der Waals surface area contributed by atoms with Crippen molar-refractivity contribution in [3.05, 3.63) is 71.3 Å². The molecule has 0 bridgehead atoms. The van der Waals surface area contributed by atoms with Crippen LogP contribution >= 0.6 is 15.9 Å². The number of nitrogen functional groups attached to an aromatic ring is 1. The van der Waals surface area contributed by atoms with Crippen LogP contribution < -0.4 is 11.1 Å². The lowest BCUT2D eigenvalue weighted by Gasteiger charge is -2.10. The first-order chi connectivity index (χ1) is 11.7. The number of nitrogens with zero attached hydrogens (tertiary/aromatic N) is 3. The maximum atomic E-state index is 5.74. The summed E-state index contributed by atoms with van der Waals surface area (Å²) in [6.45, 7) is 0. The molecule has 3 N–H and O–H groups in total. The highest BCUT2D eigenvalue weighted by Gasteiger charge is 2.09.